The Labute approximate surface area is 111 Å². The topological polar surface area (TPSA) is 42.1 Å². The first-order chi connectivity index (χ1) is 8.37. The zero-order chi connectivity index (χ0) is 13.6. The van der Waals surface area contributed by atoms with E-state index < -0.39 is 0 Å². The maximum atomic E-state index is 6.16. The van der Waals surface area contributed by atoms with Crippen molar-refractivity contribution in [3.63, 3.8) is 0 Å². The van der Waals surface area contributed by atoms with Gasteiger partial charge in [0.1, 0.15) is 0 Å². The predicted octanol–water partition coefficient (Wildman–Crippen LogP) is 2.67. The maximum Gasteiger partial charge on any atom is 0.0271 e. The second kappa shape index (κ2) is 6.86. The van der Waals surface area contributed by atoms with Gasteiger partial charge in [0.05, 0.1) is 0 Å². The van der Waals surface area contributed by atoms with Crippen LogP contribution in [0.5, 0.6) is 0 Å². The van der Waals surface area contributed by atoms with Gasteiger partial charge in [0.2, 0.25) is 0 Å². The molecule has 0 fully saturated rings. The van der Waals surface area contributed by atoms with Crippen LogP contribution in [0.15, 0.2) is 24.5 Å². The van der Waals surface area contributed by atoms with Crippen molar-refractivity contribution >= 4 is 0 Å². The normalized spacial score (nSPS) is 13.9. The van der Waals surface area contributed by atoms with Gasteiger partial charge in [-0.05, 0) is 49.5 Å². The number of pyridine rings is 1. The minimum absolute atomic E-state index is 0.296. The summed E-state index contributed by atoms with van der Waals surface area (Å²) in [6, 6.07) is 4.42. The third kappa shape index (κ3) is 6.72. The van der Waals surface area contributed by atoms with Gasteiger partial charge in [-0.25, -0.2) is 0 Å². The van der Waals surface area contributed by atoms with E-state index in [0.29, 0.717) is 11.5 Å². The van der Waals surface area contributed by atoms with E-state index in [9.17, 15) is 0 Å². The molecule has 1 heterocycles. The summed E-state index contributed by atoms with van der Waals surface area (Å²) < 4.78 is 0. The van der Waals surface area contributed by atoms with Crippen LogP contribution in [0.25, 0.3) is 0 Å². The molecule has 0 saturated heterocycles. The van der Waals surface area contributed by atoms with E-state index >= 15 is 0 Å². The van der Waals surface area contributed by atoms with E-state index in [1.54, 1.807) is 0 Å². The van der Waals surface area contributed by atoms with E-state index in [-0.39, 0.29) is 0 Å². The molecule has 0 amide bonds. The quantitative estimate of drug-likeness (QED) is 0.843. The summed E-state index contributed by atoms with van der Waals surface area (Å²) in [6.45, 7) is 8.74. The van der Waals surface area contributed by atoms with Crippen molar-refractivity contribution in [2.75, 3.05) is 13.6 Å². The van der Waals surface area contributed by atoms with E-state index in [1.807, 2.05) is 12.4 Å². The second-order valence-corrected chi connectivity index (χ2v) is 6.41. The van der Waals surface area contributed by atoms with Gasteiger partial charge in [-0.1, -0.05) is 20.8 Å². The van der Waals surface area contributed by atoms with Crippen LogP contribution in [0.1, 0.15) is 39.2 Å². The van der Waals surface area contributed by atoms with Gasteiger partial charge in [0.15, 0.2) is 0 Å². The molecular weight excluding hydrogens is 222 g/mol. The number of nitrogens with zero attached hydrogens (tertiary/aromatic N) is 2. The number of hydrogen-bond acceptors (Lipinski definition) is 3. The smallest absolute Gasteiger partial charge is 0.0271 e. The molecule has 18 heavy (non-hydrogen) atoms. The Kier molecular flexibility index (Phi) is 5.76. The van der Waals surface area contributed by atoms with Crippen molar-refractivity contribution in [1.82, 2.24) is 9.88 Å². The molecule has 0 aliphatic carbocycles. The fourth-order valence-electron chi connectivity index (χ4n) is 2.15. The fraction of sp³-hybridized carbons (Fsp3) is 0.667. The lowest BCUT2D eigenvalue weighted by Gasteiger charge is -2.25. The largest absolute Gasteiger partial charge is 0.328 e. The van der Waals surface area contributed by atoms with E-state index in [4.69, 9.17) is 5.73 Å². The molecule has 102 valence electrons. The molecule has 1 aromatic heterocycles. The highest BCUT2D eigenvalue weighted by atomic mass is 15.1. The average molecular weight is 249 g/mol. The molecule has 3 nitrogen and oxygen atoms in total. The van der Waals surface area contributed by atoms with Gasteiger partial charge < -0.3 is 10.6 Å². The third-order valence-electron chi connectivity index (χ3n) is 2.96. The summed E-state index contributed by atoms with van der Waals surface area (Å²) in [5.74, 6) is 0. The number of rotatable bonds is 6. The molecule has 0 spiro atoms. The van der Waals surface area contributed by atoms with Gasteiger partial charge in [-0.15, -0.1) is 0 Å². The van der Waals surface area contributed by atoms with Gasteiger partial charge in [-0.3, -0.25) is 4.98 Å². The van der Waals surface area contributed by atoms with Gasteiger partial charge >= 0.3 is 0 Å². The summed E-state index contributed by atoms with van der Waals surface area (Å²) in [6.07, 6.45) is 5.82. The molecule has 1 aromatic rings. The lowest BCUT2D eigenvalue weighted by molar-refractivity contribution is 0.278. The molecule has 0 aromatic carbocycles. The molecule has 1 atom stereocenters. The van der Waals surface area contributed by atoms with Gasteiger partial charge in [0, 0.05) is 25.0 Å². The summed E-state index contributed by atoms with van der Waals surface area (Å²) in [7, 11) is 2.14. The lowest BCUT2D eigenvalue weighted by atomic mass is 9.87. The van der Waals surface area contributed by atoms with Crippen molar-refractivity contribution in [1.29, 1.82) is 0 Å². The summed E-state index contributed by atoms with van der Waals surface area (Å²) in [5.41, 5.74) is 7.79. The first-order valence-corrected chi connectivity index (χ1v) is 6.70. The lowest BCUT2D eigenvalue weighted by Crippen LogP contribution is -2.31. The number of aromatic nitrogens is 1. The van der Waals surface area contributed by atoms with Crippen LogP contribution in [-0.4, -0.2) is 29.5 Å². The Morgan fingerprint density at radius 3 is 2.44 bits per heavy atom. The summed E-state index contributed by atoms with van der Waals surface area (Å²) >= 11 is 0. The monoisotopic (exact) mass is 249 g/mol. The maximum absolute atomic E-state index is 6.16. The molecule has 0 bridgehead atoms. The zero-order valence-corrected chi connectivity index (χ0v) is 12.2. The highest BCUT2D eigenvalue weighted by Gasteiger charge is 2.15. The van der Waals surface area contributed by atoms with Crippen LogP contribution in [0.3, 0.4) is 0 Å². The molecule has 1 unspecified atom stereocenters. The molecule has 0 aliphatic heterocycles. The van der Waals surface area contributed by atoms with Gasteiger partial charge in [-0.2, -0.15) is 0 Å². The van der Waals surface area contributed by atoms with Crippen molar-refractivity contribution in [3.8, 4) is 0 Å². The van der Waals surface area contributed by atoms with E-state index in [2.05, 4.69) is 49.8 Å². The Bertz CT molecular complexity index is 329. The molecule has 2 N–H and O–H groups in total. The SMILES string of the molecule is CN(CCC(N)CC(C)(C)C)Cc1ccncc1. The summed E-state index contributed by atoms with van der Waals surface area (Å²) in [5, 5.41) is 0. The Hall–Kier alpha value is -0.930. The third-order valence-corrected chi connectivity index (χ3v) is 2.96. The Balaban J connectivity index is 2.27. The van der Waals surface area contributed by atoms with E-state index in [1.165, 1.54) is 5.56 Å². The van der Waals surface area contributed by atoms with Crippen molar-refractivity contribution in [3.05, 3.63) is 30.1 Å². The zero-order valence-electron chi connectivity index (χ0n) is 12.2. The summed E-state index contributed by atoms with van der Waals surface area (Å²) in [4.78, 5) is 6.35. The van der Waals surface area contributed by atoms with Crippen LogP contribution in [0.2, 0.25) is 0 Å². The van der Waals surface area contributed by atoms with Crippen LogP contribution >= 0.6 is 0 Å². The molecule has 1 rings (SSSR count). The molecule has 0 saturated carbocycles. The Morgan fingerprint density at radius 2 is 1.89 bits per heavy atom. The number of hydrogen-bond donors (Lipinski definition) is 1. The van der Waals surface area contributed by atoms with Crippen molar-refractivity contribution < 1.29 is 0 Å². The van der Waals surface area contributed by atoms with E-state index in [0.717, 1.165) is 25.9 Å². The minimum atomic E-state index is 0.296. The first-order valence-electron chi connectivity index (χ1n) is 6.70. The molecule has 0 aliphatic rings. The van der Waals surface area contributed by atoms with Crippen LogP contribution < -0.4 is 5.73 Å². The van der Waals surface area contributed by atoms with Crippen molar-refractivity contribution in [2.24, 2.45) is 11.1 Å². The standard InChI is InChI=1S/C15H27N3/c1-15(2,3)11-14(16)7-10-18(4)12-13-5-8-17-9-6-13/h5-6,8-9,14H,7,10-12,16H2,1-4H3. The highest BCUT2D eigenvalue weighted by molar-refractivity contribution is 5.09. The molecule has 3 heteroatoms. The Morgan fingerprint density at radius 1 is 1.28 bits per heavy atom. The van der Waals surface area contributed by atoms with Crippen LogP contribution in [0, 0.1) is 5.41 Å². The highest BCUT2D eigenvalue weighted by Crippen LogP contribution is 2.21. The van der Waals surface area contributed by atoms with Crippen LogP contribution in [-0.2, 0) is 6.54 Å². The van der Waals surface area contributed by atoms with Gasteiger partial charge in [0.25, 0.3) is 0 Å². The van der Waals surface area contributed by atoms with Crippen molar-refractivity contribution in [2.45, 2.75) is 46.2 Å². The predicted molar refractivity (Wildman–Crippen MR) is 77.2 cm³/mol. The average Bonchev–Trinajstić information content (AvgIpc) is 2.25. The first kappa shape index (κ1) is 15.1. The minimum Gasteiger partial charge on any atom is -0.328 e. The second-order valence-electron chi connectivity index (χ2n) is 6.41. The number of nitrogens with two attached hydrogens (primary N) is 1. The van der Waals surface area contributed by atoms with Crippen LogP contribution in [0.4, 0.5) is 0 Å². The molecular formula is C15H27N3. The molecule has 0 radical (unpaired) electrons. The fourth-order valence-corrected chi connectivity index (χ4v) is 2.15.